The molecule has 1 heterocycles. The monoisotopic (exact) mass is 447 g/mol. The topological polar surface area (TPSA) is 43.9 Å². The molecule has 5 nitrogen and oxygen atoms in total. The minimum atomic E-state index is -4.43. The van der Waals surface area contributed by atoms with Crippen molar-refractivity contribution in [2.45, 2.75) is 32.6 Å². The number of hydrogen-bond donors (Lipinski definition) is 0. The molecule has 0 radical (unpaired) electrons. The Balaban J connectivity index is 1.53. The first-order valence-electron chi connectivity index (χ1n) is 10.7. The largest absolute Gasteiger partial charge is 0.416 e. The summed E-state index contributed by atoms with van der Waals surface area (Å²) in [6.45, 7) is 6.71. The number of carbonyl (C=O) groups is 2. The molecule has 0 N–H and O–H groups in total. The summed E-state index contributed by atoms with van der Waals surface area (Å²) in [4.78, 5) is 31.0. The predicted octanol–water partition coefficient (Wildman–Crippen LogP) is 3.90. The Labute approximate surface area is 186 Å². The standard InChI is InChI=1S/C24H28F3N3O2/c1-18(2)30(16-19-6-4-3-5-7-19)22(31)17-28-12-14-29(15-13-28)23(32)20-8-10-21(11-9-20)24(25,26)27/h3-11,18H,12-17H2,1-2H3. The lowest BCUT2D eigenvalue weighted by Gasteiger charge is -2.36. The molecule has 0 spiro atoms. The minimum absolute atomic E-state index is 0.0337. The molecule has 0 unspecified atom stereocenters. The van der Waals surface area contributed by atoms with E-state index in [2.05, 4.69) is 0 Å². The zero-order chi connectivity index (χ0) is 23.3. The lowest BCUT2D eigenvalue weighted by molar-refractivity contribution is -0.137. The Bertz CT molecular complexity index is 906. The van der Waals surface area contributed by atoms with E-state index in [1.54, 1.807) is 4.90 Å². The van der Waals surface area contributed by atoms with Gasteiger partial charge < -0.3 is 9.80 Å². The number of carbonyl (C=O) groups excluding carboxylic acids is 2. The fourth-order valence-corrected chi connectivity index (χ4v) is 3.71. The van der Waals surface area contributed by atoms with Gasteiger partial charge in [0.1, 0.15) is 0 Å². The van der Waals surface area contributed by atoms with E-state index in [4.69, 9.17) is 0 Å². The molecule has 1 aliphatic rings. The van der Waals surface area contributed by atoms with Crippen LogP contribution in [0.3, 0.4) is 0 Å². The maximum Gasteiger partial charge on any atom is 0.416 e. The fourth-order valence-electron chi connectivity index (χ4n) is 3.71. The zero-order valence-electron chi connectivity index (χ0n) is 18.3. The van der Waals surface area contributed by atoms with Crippen LogP contribution < -0.4 is 0 Å². The Kier molecular flexibility index (Phi) is 7.56. The highest BCUT2D eigenvalue weighted by molar-refractivity contribution is 5.94. The van der Waals surface area contributed by atoms with Crippen LogP contribution in [-0.4, -0.2) is 65.3 Å². The van der Waals surface area contributed by atoms with Gasteiger partial charge in [-0.2, -0.15) is 13.2 Å². The molecule has 2 aromatic carbocycles. The summed E-state index contributed by atoms with van der Waals surface area (Å²) < 4.78 is 38.2. The van der Waals surface area contributed by atoms with Crippen molar-refractivity contribution in [3.63, 3.8) is 0 Å². The second-order valence-electron chi connectivity index (χ2n) is 8.24. The molecule has 0 aliphatic carbocycles. The molecule has 2 amide bonds. The van der Waals surface area contributed by atoms with Crippen LogP contribution in [-0.2, 0) is 17.5 Å². The van der Waals surface area contributed by atoms with Crippen LogP contribution >= 0.6 is 0 Å². The van der Waals surface area contributed by atoms with Crippen molar-refractivity contribution in [3.05, 3.63) is 71.3 Å². The van der Waals surface area contributed by atoms with Gasteiger partial charge in [-0.05, 0) is 43.7 Å². The summed E-state index contributed by atoms with van der Waals surface area (Å²) in [6.07, 6.45) is -4.43. The highest BCUT2D eigenvalue weighted by Gasteiger charge is 2.31. The van der Waals surface area contributed by atoms with Gasteiger partial charge in [0.2, 0.25) is 5.91 Å². The van der Waals surface area contributed by atoms with Gasteiger partial charge in [0.25, 0.3) is 5.91 Å². The van der Waals surface area contributed by atoms with Crippen LogP contribution in [0.1, 0.15) is 35.3 Å². The quantitative estimate of drug-likeness (QED) is 0.675. The lowest BCUT2D eigenvalue weighted by atomic mass is 10.1. The second kappa shape index (κ2) is 10.2. The Morgan fingerprint density at radius 2 is 1.53 bits per heavy atom. The van der Waals surface area contributed by atoms with Gasteiger partial charge in [0.15, 0.2) is 0 Å². The van der Waals surface area contributed by atoms with Crippen molar-refractivity contribution < 1.29 is 22.8 Å². The lowest BCUT2D eigenvalue weighted by Crippen LogP contribution is -2.52. The van der Waals surface area contributed by atoms with Gasteiger partial charge in [0, 0.05) is 44.3 Å². The highest BCUT2D eigenvalue weighted by Crippen LogP contribution is 2.29. The Morgan fingerprint density at radius 3 is 2.06 bits per heavy atom. The molecule has 3 rings (SSSR count). The molecule has 0 aromatic heterocycles. The summed E-state index contributed by atoms with van der Waals surface area (Å²) >= 11 is 0. The van der Waals surface area contributed by atoms with Crippen LogP contribution in [0.4, 0.5) is 13.2 Å². The van der Waals surface area contributed by atoms with Crippen molar-refractivity contribution in [2.75, 3.05) is 32.7 Å². The van der Waals surface area contributed by atoms with E-state index in [0.29, 0.717) is 32.7 Å². The molecule has 0 saturated carbocycles. The van der Waals surface area contributed by atoms with E-state index in [0.717, 1.165) is 17.7 Å². The third-order valence-electron chi connectivity index (χ3n) is 5.62. The minimum Gasteiger partial charge on any atom is -0.336 e. The fraction of sp³-hybridized carbons (Fsp3) is 0.417. The first kappa shape index (κ1) is 23.8. The number of alkyl halides is 3. The van der Waals surface area contributed by atoms with E-state index >= 15 is 0 Å². The van der Waals surface area contributed by atoms with Crippen LogP contribution in [0.15, 0.2) is 54.6 Å². The van der Waals surface area contributed by atoms with E-state index in [9.17, 15) is 22.8 Å². The SMILES string of the molecule is CC(C)N(Cc1ccccc1)C(=O)CN1CCN(C(=O)c2ccc(C(F)(F)F)cc2)CC1. The smallest absolute Gasteiger partial charge is 0.336 e. The summed E-state index contributed by atoms with van der Waals surface area (Å²) in [6, 6.07) is 14.2. The van der Waals surface area contributed by atoms with Crippen molar-refractivity contribution in [1.82, 2.24) is 14.7 Å². The van der Waals surface area contributed by atoms with E-state index < -0.39 is 11.7 Å². The third-order valence-corrected chi connectivity index (χ3v) is 5.62. The van der Waals surface area contributed by atoms with Gasteiger partial charge in [-0.1, -0.05) is 30.3 Å². The zero-order valence-corrected chi connectivity index (χ0v) is 18.3. The number of piperazine rings is 1. The molecule has 1 saturated heterocycles. The van der Waals surface area contributed by atoms with Crippen molar-refractivity contribution in [2.24, 2.45) is 0 Å². The number of amides is 2. The van der Waals surface area contributed by atoms with Crippen molar-refractivity contribution >= 4 is 11.8 Å². The predicted molar refractivity (Wildman–Crippen MR) is 116 cm³/mol. The number of benzene rings is 2. The van der Waals surface area contributed by atoms with Gasteiger partial charge in [-0.3, -0.25) is 14.5 Å². The van der Waals surface area contributed by atoms with Gasteiger partial charge in [-0.25, -0.2) is 0 Å². The number of nitrogens with zero attached hydrogens (tertiary/aromatic N) is 3. The first-order valence-corrected chi connectivity index (χ1v) is 10.7. The van der Waals surface area contributed by atoms with Crippen LogP contribution in [0.2, 0.25) is 0 Å². The summed E-state index contributed by atoms with van der Waals surface area (Å²) in [5.41, 5.74) is 0.528. The average molecular weight is 448 g/mol. The van der Waals surface area contributed by atoms with Crippen LogP contribution in [0.5, 0.6) is 0 Å². The Hall–Kier alpha value is -2.87. The number of rotatable bonds is 6. The molecular weight excluding hydrogens is 419 g/mol. The average Bonchev–Trinajstić information content (AvgIpc) is 2.77. The van der Waals surface area contributed by atoms with Gasteiger partial charge in [0.05, 0.1) is 12.1 Å². The van der Waals surface area contributed by atoms with Gasteiger partial charge >= 0.3 is 6.18 Å². The summed E-state index contributed by atoms with van der Waals surface area (Å²) in [5.74, 6) is -0.260. The molecular formula is C24H28F3N3O2. The molecule has 0 bridgehead atoms. The highest BCUT2D eigenvalue weighted by atomic mass is 19.4. The van der Waals surface area contributed by atoms with Crippen molar-refractivity contribution in [1.29, 1.82) is 0 Å². The molecule has 1 aliphatic heterocycles. The van der Waals surface area contributed by atoms with Crippen molar-refractivity contribution in [3.8, 4) is 0 Å². The molecule has 2 aromatic rings. The van der Waals surface area contributed by atoms with Gasteiger partial charge in [-0.15, -0.1) is 0 Å². The van der Waals surface area contributed by atoms with E-state index in [-0.39, 0.29) is 30.0 Å². The maximum absolute atomic E-state index is 12.9. The molecule has 1 fully saturated rings. The van der Waals surface area contributed by atoms with Crippen LogP contribution in [0.25, 0.3) is 0 Å². The summed E-state index contributed by atoms with van der Waals surface area (Å²) in [7, 11) is 0. The third kappa shape index (κ3) is 6.09. The van der Waals surface area contributed by atoms with E-state index in [1.807, 2.05) is 54.0 Å². The first-order chi connectivity index (χ1) is 15.1. The number of hydrogen-bond acceptors (Lipinski definition) is 3. The maximum atomic E-state index is 12.9. The Morgan fingerprint density at radius 1 is 0.938 bits per heavy atom. The number of halogens is 3. The molecule has 172 valence electrons. The molecule has 0 atom stereocenters. The second-order valence-corrected chi connectivity index (χ2v) is 8.24. The van der Waals surface area contributed by atoms with Crippen LogP contribution in [0, 0.1) is 0 Å². The normalized spacial score (nSPS) is 15.1. The van der Waals surface area contributed by atoms with E-state index in [1.165, 1.54) is 12.1 Å². The summed E-state index contributed by atoms with van der Waals surface area (Å²) in [5, 5.41) is 0. The molecule has 32 heavy (non-hydrogen) atoms. The molecule has 8 heteroatoms.